The molecule has 94 valence electrons. The van der Waals surface area contributed by atoms with Gasteiger partial charge in [-0.25, -0.2) is 0 Å². The van der Waals surface area contributed by atoms with Crippen LogP contribution >= 0.6 is 0 Å². The van der Waals surface area contributed by atoms with Gasteiger partial charge in [-0.05, 0) is 58.0 Å². The van der Waals surface area contributed by atoms with Crippen molar-refractivity contribution in [2.45, 2.75) is 50.7 Å². The molecule has 1 saturated heterocycles. The molecule has 0 spiro atoms. The standard InChI is InChI=1S/C13H25NO2/c1-14-10-11-8-13(9-11)16-7-3-5-12-4-2-6-15-12/h11-14H,2-10H2,1H3. The average molecular weight is 227 g/mol. The largest absolute Gasteiger partial charge is 0.378 e. The topological polar surface area (TPSA) is 30.5 Å². The normalized spacial score (nSPS) is 33.9. The molecule has 1 aliphatic carbocycles. The highest BCUT2D eigenvalue weighted by molar-refractivity contribution is 4.81. The molecule has 1 unspecified atom stereocenters. The second-order valence-electron chi connectivity index (χ2n) is 5.17. The van der Waals surface area contributed by atoms with Crippen LogP contribution in [-0.2, 0) is 9.47 Å². The van der Waals surface area contributed by atoms with Crippen molar-refractivity contribution in [1.29, 1.82) is 0 Å². The van der Waals surface area contributed by atoms with Gasteiger partial charge in [0, 0.05) is 13.2 Å². The smallest absolute Gasteiger partial charge is 0.0581 e. The Bertz CT molecular complexity index is 186. The van der Waals surface area contributed by atoms with E-state index in [0.29, 0.717) is 12.2 Å². The maximum absolute atomic E-state index is 5.83. The predicted molar refractivity (Wildman–Crippen MR) is 64.6 cm³/mol. The maximum Gasteiger partial charge on any atom is 0.0581 e. The van der Waals surface area contributed by atoms with Crippen molar-refractivity contribution in [2.24, 2.45) is 5.92 Å². The van der Waals surface area contributed by atoms with Crippen LogP contribution in [-0.4, -0.2) is 39.0 Å². The molecule has 1 N–H and O–H groups in total. The molecular formula is C13H25NO2. The van der Waals surface area contributed by atoms with Gasteiger partial charge in [0.2, 0.25) is 0 Å². The van der Waals surface area contributed by atoms with E-state index in [1.54, 1.807) is 0 Å². The van der Waals surface area contributed by atoms with E-state index in [-0.39, 0.29) is 0 Å². The summed E-state index contributed by atoms with van der Waals surface area (Å²) in [4.78, 5) is 0. The fourth-order valence-electron chi connectivity index (χ4n) is 2.70. The van der Waals surface area contributed by atoms with Gasteiger partial charge in [-0.1, -0.05) is 0 Å². The van der Waals surface area contributed by atoms with Gasteiger partial charge in [0.05, 0.1) is 12.2 Å². The highest BCUT2D eigenvalue weighted by atomic mass is 16.5. The van der Waals surface area contributed by atoms with E-state index in [0.717, 1.165) is 32.1 Å². The monoisotopic (exact) mass is 227 g/mol. The van der Waals surface area contributed by atoms with Gasteiger partial charge in [0.25, 0.3) is 0 Å². The molecule has 1 aliphatic heterocycles. The highest BCUT2D eigenvalue weighted by Gasteiger charge is 2.28. The Kier molecular flexibility index (Phi) is 5.07. The van der Waals surface area contributed by atoms with Crippen molar-refractivity contribution in [3.63, 3.8) is 0 Å². The van der Waals surface area contributed by atoms with Crippen LogP contribution in [0.3, 0.4) is 0 Å². The third kappa shape index (κ3) is 3.72. The molecule has 3 heteroatoms. The molecule has 0 bridgehead atoms. The predicted octanol–water partition coefficient (Wildman–Crippen LogP) is 1.96. The highest BCUT2D eigenvalue weighted by Crippen LogP contribution is 2.29. The summed E-state index contributed by atoms with van der Waals surface area (Å²) in [6, 6.07) is 0. The first-order valence-corrected chi connectivity index (χ1v) is 6.76. The van der Waals surface area contributed by atoms with Crippen LogP contribution in [0, 0.1) is 5.92 Å². The van der Waals surface area contributed by atoms with Gasteiger partial charge in [-0.2, -0.15) is 0 Å². The summed E-state index contributed by atoms with van der Waals surface area (Å²) < 4.78 is 11.4. The van der Waals surface area contributed by atoms with Gasteiger partial charge in [-0.15, -0.1) is 0 Å². The molecule has 2 rings (SSSR count). The quantitative estimate of drug-likeness (QED) is 0.674. The summed E-state index contributed by atoms with van der Waals surface area (Å²) in [5.74, 6) is 0.855. The first kappa shape index (κ1) is 12.3. The average Bonchev–Trinajstić information content (AvgIpc) is 2.72. The second kappa shape index (κ2) is 6.58. The van der Waals surface area contributed by atoms with Crippen molar-refractivity contribution in [3.05, 3.63) is 0 Å². The summed E-state index contributed by atoms with van der Waals surface area (Å²) in [7, 11) is 2.02. The third-order valence-corrected chi connectivity index (χ3v) is 3.73. The van der Waals surface area contributed by atoms with Crippen LogP contribution in [0.15, 0.2) is 0 Å². The minimum Gasteiger partial charge on any atom is -0.378 e. The summed E-state index contributed by atoms with van der Waals surface area (Å²) in [5.41, 5.74) is 0. The van der Waals surface area contributed by atoms with E-state index >= 15 is 0 Å². The first-order valence-electron chi connectivity index (χ1n) is 6.76. The van der Waals surface area contributed by atoms with E-state index < -0.39 is 0 Å². The lowest BCUT2D eigenvalue weighted by Crippen LogP contribution is -2.37. The summed E-state index contributed by atoms with van der Waals surface area (Å²) >= 11 is 0. The summed E-state index contributed by atoms with van der Waals surface area (Å²) in [6.07, 6.45) is 8.43. The molecule has 1 saturated carbocycles. The molecule has 3 nitrogen and oxygen atoms in total. The molecule has 0 aromatic carbocycles. The van der Waals surface area contributed by atoms with Gasteiger partial charge in [0.1, 0.15) is 0 Å². The minimum absolute atomic E-state index is 0.530. The Balaban J connectivity index is 1.41. The molecule has 2 fully saturated rings. The number of ether oxygens (including phenoxy) is 2. The van der Waals surface area contributed by atoms with Crippen molar-refractivity contribution in [1.82, 2.24) is 5.32 Å². The first-order chi connectivity index (χ1) is 7.88. The third-order valence-electron chi connectivity index (χ3n) is 3.73. The number of hydrogen-bond acceptors (Lipinski definition) is 3. The molecule has 1 atom stereocenters. The number of nitrogens with one attached hydrogen (secondary N) is 1. The van der Waals surface area contributed by atoms with Crippen molar-refractivity contribution >= 4 is 0 Å². The Morgan fingerprint density at radius 3 is 2.94 bits per heavy atom. The van der Waals surface area contributed by atoms with Gasteiger partial charge in [0.15, 0.2) is 0 Å². The van der Waals surface area contributed by atoms with E-state index in [1.165, 1.54) is 32.1 Å². The van der Waals surface area contributed by atoms with Crippen molar-refractivity contribution in [2.75, 3.05) is 26.8 Å². The zero-order chi connectivity index (χ0) is 11.2. The van der Waals surface area contributed by atoms with Crippen LogP contribution < -0.4 is 5.32 Å². The zero-order valence-electron chi connectivity index (χ0n) is 10.4. The molecule has 0 aromatic rings. The molecule has 0 amide bonds. The lowest BCUT2D eigenvalue weighted by atomic mass is 9.82. The van der Waals surface area contributed by atoms with Gasteiger partial charge < -0.3 is 14.8 Å². The molecule has 2 aliphatic rings. The minimum atomic E-state index is 0.530. The van der Waals surface area contributed by atoms with Gasteiger partial charge in [-0.3, -0.25) is 0 Å². The molecule has 0 radical (unpaired) electrons. The fourth-order valence-corrected chi connectivity index (χ4v) is 2.70. The van der Waals surface area contributed by atoms with Crippen molar-refractivity contribution in [3.8, 4) is 0 Å². The van der Waals surface area contributed by atoms with E-state index in [9.17, 15) is 0 Å². The van der Waals surface area contributed by atoms with Crippen LogP contribution in [0.4, 0.5) is 0 Å². The van der Waals surface area contributed by atoms with Crippen molar-refractivity contribution < 1.29 is 9.47 Å². The van der Waals surface area contributed by atoms with E-state index in [1.807, 2.05) is 7.05 Å². The maximum atomic E-state index is 5.83. The lowest BCUT2D eigenvalue weighted by molar-refractivity contribution is -0.0337. The SMILES string of the molecule is CNCC1CC(OCCCC2CCCO2)C1. The van der Waals surface area contributed by atoms with E-state index in [4.69, 9.17) is 9.47 Å². The lowest BCUT2D eigenvalue weighted by Gasteiger charge is -2.35. The molecular weight excluding hydrogens is 202 g/mol. The van der Waals surface area contributed by atoms with Crippen LogP contribution in [0.25, 0.3) is 0 Å². The molecule has 1 heterocycles. The van der Waals surface area contributed by atoms with Crippen LogP contribution in [0.2, 0.25) is 0 Å². The Morgan fingerprint density at radius 2 is 2.25 bits per heavy atom. The second-order valence-corrected chi connectivity index (χ2v) is 5.17. The molecule has 16 heavy (non-hydrogen) atoms. The number of rotatable bonds is 7. The van der Waals surface area contributed by atoms with E-state index in [2.05, 4.69) is 5.32 Å². The summed E-state index contributed by atoms with van der Waals surface area (Å²) in [5, 5.41) is 3.22. The fraction of sp³-hybridized carbons (Fsp3) is 1.00. The Morgan fingerprint density at radius 1 is 1.38 bits per heavy atom. The summed E-state index contributed by atoms with van der Waals surface area (Å²) in [6.45, 7) is 3.05. The van der Waals surface area contributed by atoms with Gasteiger partial charge >= 0.3 is 0 Å². The van der Waals surface area contributed by atoms with Crippen LogP contribution in [0.1, 0.15) is 38.5 Å². The molecule has 0 aromatic heterocycles. The Hall–Kier alpha value is -0.120. The Labute approximate surface area is 98.9 Å². The number of hydrogen-bond donors (Lipinski definition) is 1. The van der Waals surface area contributed by atoms with Crippen LogP contribution in [0.5, 0.6) is 0 Å². The zero-order valence-corrected chi connectivity index (χ0v) is 10.4.